The van der Waals surface area contributed by atoms with E-state index in [4.69, 9.17) is 5.73 Å². The zero-order chi connectivity index (χ0) is 11.7. The second-order valence-corrected chi connectivity index (χ2v) is 5.63. The lowest BCUT2D eigenvalue weighted by Crippen LogP contribution is -2.38. The number of aromatic nitrogens is 1. The average Bonchev–Trinajstić information content (AvgIpc) is 2.79. The van der Waals surface area contributed by atoms with E-state index in [1.165, 1.54) is 57.3 Å². The van der Waals surface area contributed by atoms with E-state index in [1.54, 1.807) is 0 Å². The predicted octanol–water partition coefficient (Wildman–Crippen LogP) is 2.82. The van der Waals surface area contributed by atoms with Gasteiger partial charge in [-0.15, -0.1) is 0 Å². The van der Waals surface area contributed by atoms with Crippen molar-refractivity contribution in [3.63, 3.8) is 0 Å². The number of nitrogens with two attached hydrogens (primary N) is 1. The molecule has 2 fully saturated rings. The molecule has 1 aromatic heterocycles. The van der Waals surface area contributed by atoms with Crippen molar-refractivity contribution in [3.8, 4) is 0 Å². The number of hydrogen-bond acceptors (Lipinski definition) is 3. The molecule has 0 radical (unpaired) electrons. The Morgan fingerprint density at radius 1 is 1.12 bits per heavy atom. The van der Waals surface area contributed by atoms with E-state index in [-0.39, 0.29) is 0 Å². The molecule has 1 aliphatic carbocycles. The Morgan fingerprint density at radius 3 is 2.47 bits per heavy atom. The van der Waals surface area contributed by atoms with Gasteiger partial charge < -0.3 is 10.6 Å². The molecule has 1 saturated carbocycles. The van der Waals surface area contributed by atoms with E-state index in [0.717, 1.165) is 0 Å². The number of hydrogen-bond donors (Lipinski definition) is 1. The van der Waals surface area contributed by atoms with Crippen LogP contribution in [0.25, 0.3) is 0 Å². The Balaban J connectivity index is 1.68. The van der Waals surface area contributed by atoms with Gasteiger partial charge in [-0.25, -0.2) is 4.98 Å². The Hall–Kier alpha value is -1.25. The third-order valence-corrected chi connectivity index (χ3v) is 4.62. The van der Waals surface area contributed by atoms with Gasteiger partial charge in [0.15, 0.2) is 0 Å². The van der Waals surface area contributed by atoms with Crippen molar-refractivity contribution in [2.75, 3.05) is 23.7 Å². The molecular weight excluding hydrogens is 210 g/mol. The third kappa shape index (κ3) is 2.11. The molecule has 1 spiro atoms. The van der Waals surface area contributed by atoms with Crippen LogP contribution >= 0.6 is 0 Å². The fourth-order valence-corrected chi connectivity index (χ4v) is 3.50. The van der Waals surface area contributed by atoms with Gasteiger partial charge in [0.1, 0.15) is 5.82 Å². The highest BCUT2D eigenvalue weighted by Crippen LogP contribution is 2.46. The highest BCUT2D eigenvalue weighted by molar-refractivity contribution is 5.52. The summed E-state index contributed by atoms with van der Waals surface area (Å²) in [5, 5.41) is 0. The number of nitrogen functional groups attached to an aromatic ring is 1. The second-order valence-electron chi connectivity index (χ2n) is 5.63. The SMILES string of the molecule is Nc1cc(N2CCC3(CCCC3)CC2)ccn1. The topological polar surface area (TPSA) is 42.1 Å². The molecule has 3 heteroatoms. The summed E-state index contributed by atoms with van der Waals surface area (Å²) in [6.07, 6.45) is 10.3. The van der Waals surface area contributed by atoms with Crippen LogP contribution in [0.5, 0.6) is 0 Å². The fraction of sp³-hybridized carbons (Fsp3) is 0.643. The number of nitrogens with zero attached hydrogens (tertiary/aromatic N) is 2. The molecule has 1 aromatic rings. The summed E-state index contributed by atoms with van der Waals surface area (Å²) >= 11 is 0. The Bertz CT molecular complexity index is 386. The van der Waals surface area contributed by atoms with Crippen LogP contribution in [0, 0.1) is 5.41 Å². The summed E-state index contributed by atoms with van der Waals surface area (Å²) in [6.45, 7) is 2.37. The predicted molar refractivity (Wildman–Crippen MR) is 71.0 cm³/mol. The Morgan fingerprint density at radius 2 is 1.82 bits per heavy atom. The van der Waals surface area contributed by atoms with Crippen LogP contribution in [0.4, 0.5) is 11.5 Å². The van der Waals surface area contributed by atoms with Gasteiger partial charge in [0.05, 0.1) is 0 Å². The summed E-state index contributed by atoms with van der Waals surface area (Å²) in [5.41, 5.74) is 7.67. The molecule has 2 N–H and O–H groups in total. The highest BCUT2D eigenvalue weighted by Gasteiger charge is 2.36. The van der Waals surface area contributed by atoms with E-state index in [0.29, 0.717) is 11.2 Å². The Labute approximate surface area is 103 Å². The van der Waals surface area contributed by atoms with Gasteiger partial charge in [-0.1, -0.05) is 12.8 Å². The van der Waals surface area contributed by atoms with Gasteiger partial charge >= 0.3 is 0 Å². The lowest BCUT2D eigenvalue weighted by Gasteiger charge is -2.40. The van der Waals surface area contributed by atoms with Crippen LogP contribution in [0.3, 0.4) is 0 Å². The molecule has 3 nitrogen and oxygen atoms in total. The van der Waals surface area contributed by atoms with E-state index in [2.05, 4.69) is 16.0 Å². The molecule has 0 bridgehead atoms. The number of piperidine rings is 1. The standard InChI is InChI=1S/C14H21N3/c15-13-11-12(3-8-16-13)17-9-6-14(7-10-17)4-1-2-5-14/h3,8,11H,1-2,4-7,9-10H2,(H2,15,16). The van der Waals surface area contributed by atoms with Gasteiger partial charge in [-0.2, -0.15) is 0 Å². The highest BCUT2D eigenvalue weighted by atomic mass is 15.1. The van der Waals surface area contributed by atoms with Crippen LogP contribution in [-0.4, -0.2) is 18.1 Å². The van der Waals surface area contributed by atoms with Crippen molar-refractivity contribution in [3.05, 3.63) is 18.3 Å². The van der Waals surface area contributed by atoms with E-state index in [1.807, 2.05) is 12.3 Å². The lowest BCUT2D eigenvalue weighted by atomic mass is 9.77. The zero-order valence-corrected chi connectivity index (χ0v) is 10.4. The molecule has 2 heterocycles. The van der Waals surface area contributed by atoms with E-state index >= 15 is 0 Å². The second kappa shape index (κ2) is 4.21. The maximum absolute atomic E-state index is 5.74. The van der Waals surface area contributed by atoms with Gasteiger partial charge in [0, 0.05) is 31.0 Å². The van der Waals surface area contributed by atoms with Crippen LogP contribution in [0.1, 0.15) is 38.5 Å². The maximum Gasteiger partial charge on any atom is 0.125 e. The fourth-order valence-electron chi connectivity index (χ4n) is 3.50. The molecular formula is C14H21N3. The first kappa shape index (κ1) is 10.9. The monoisotopic (exact) mass is 231 g/mol. The van der Waals surface area contributed by atoms with Gasteiger partial charge in [-0.05, 0) is 37.2 Å². The molecule has 1 saturated heterocycles. The molecule has 17 heavy (non-hydrogen) atoms. The average molecular weight is 231 g/mol. The summed E-state index contributed by atoms with van der Waals surface area (Å²) in [4.78, 5) is 6.52. The molecule has 0 amide bonds. The molecule has 3 rings (SSSR count). The number of rotatable bonds is 1. The van der Waals surface area contributed by atoms with Gasteiger partial charge in [0.2, 0.25) is 0 Å². The largest absolute Gasteiger partial charge is 0.384 e. The van der Waals surface area contributed by atoms with Crippen molar-refractivity contribution in [2.45, 2.75) is 38.5 Å². The zero-order valence-electron chi connectivity index (χ0n) is 10.4. The number of anilines is 2. The summed E-state index contributed by atoms with van der Waals surface area (Å²) < 4.78 is 0. The van der Waals surface area contributed by atoms with Crippen molar-refractivity contribution in [2.24, 2.45) is 5.41 Å². The maximum atomic E-state index is 5.74. The van der Waals surface area contributed by atoms with E-state index < -0.39 is 0 Å². The van der Waals surface area contributed by atoms with Gasteiger partial charge in [0.25, 0.3) is 0 Å². The summed E-state index contributed by atoms with van der Waals surface area (Å²) in [7, 11) is 0. The van der Waals surface area contributed by atoms with Gasteiger partial charge in [-0.3, -0.25) is 0 Å². The molecule has 0 atom stereocenters. The van der Waals surface area contributed by atoms with E-state index in [9.17, 15) is 0 Å². The van der Waals surface area contributed by atoms with Crippen molar-refractivity contribution in [1.82, 2.24) is 4.98 Å². The summed E-state index contributed by atoms with van der Waals surface area (Å²) in [5.74, 6) is 0.628. The van der Waals surface area contributed by atoms with Crippen LogP contribution in [0.15, 0.2) is 18.3 Å². The smallest absolute Gasteiger partial charge is 0.125 e. The minimum absolute atomic E-state index is 0.628. The molecule has 92 valence electrons. The number of pyridine rings is 1. The Kier molecular flexibility index (Phi) is 2.69. The summed E-state index contributed by atoms with van der Waals surface area (Å²) in [6, 6.07) is 4.07. The minimum atomic E-state index is 0.628. The first-order valence-electron chi connectivity index (χ1n) is 6.74. The first-order chi connectivity index (χ1) is 8.27. The van der Waals surface area contributed by atoms with Crippen LogP contribution < -0.4 is 10.6 Å². The molecule has 1 aliphatic heterocycles. The minimum Gasteiger partial charge on any atom is -0.384 e. The van der Waals surface area contributed by atoms with Crippen molar-refractivity contribution < 1.29 is 0 Å². The molecule has 0 aromatic carbocycles. The van der Waals surface area contributed by atoms with Crippen LogP contribution in [-0.2, 0) is 0 Å². The molecule has 0 unspecified atom stereocenters. The molecule has 2 aliphatic rings. The normalized spacial score (nSPS) is 23.2. The first-order valence-corrected chi connectivity index (χ1v) is 6.74. The third-order valence-electron chi connectivity index (χ3n) is 4.62. The van der Waals surface area contributed by atoms with Crippen LogP contribution in [0.2, 0.25) is 0 Å². The van der Waals surface area contributed by atoms with Crippen molar-refractivity contribution in [1.29, 1.82) is 0 Å². The lowest BCUT2D eigenvalue weighted by molar-refractivity contribution is 0.226. The quantitative estimate of drug-likeness (QED) is 0.808. The van der Waals surface area contributed by atoms with Crippen molar-refractivity contribution >= 4 is 11.5 Å².